The highest BCUT2D eigenvalue weighted by Crippen LogP contribution is 2.28. The maximum Gasteiger partial charge on any atom is 0.119 e. The highest BCUT2D eigenvalue weighted by molar-refractivity contribution is 8.06. The maximum atomic E-state index is 10.2. The number of hydrogen-bond donors (Lipinski definition) is 1. The van der Waals surface area contributed by atoms with Gasteiger partial charge in [0.15, 0.2) is 0 Å². The van der Waals surface area contributed by atoms with Gasteiger partial charge in [0.05, 0.1) is 13.2 Å². The summed E-state index contributed by atoms with van der Waals surface area (Å²) in [5.74, 6) is 4.30. The molecule has 0 amide bonds. The van der Waals surface area contributed by atoms with Crippen LogP contribution in [0.25, 0.3) is 0 Å². The summed E-state index contributed by atoms with van der Waals surface area (Å²) >= 11 is 3.84. The fourth-order valence-corrected chi connectivity index (χ4v) is 4.67. The molecular formula is C13H18O2S2. The average Bonchev–Trinajstić information content (AvgIpc) is 2.40. The van der Waals surface area contributed by atoms with Crippen molar-refractivity contribution in [3.8, 4) is 5.75 Å². The summed E-state index contributed by atoms with van der Waals surface area (Å²) in [4.78, 5) is 0. The van der Waals surface area contributed by atoms with Gasteiger partial charge < -0.3 is 9.84 Å². The largest absolute Gasteiger partial charge is 0.497 e. The van der Waals surface area contributed by atoms with Crippen molar-refractivity contribution in [3.05, 3.63) is 29.8 Å². The molecule has 1 heterocycles. The van der Waals surface area contributed by atoms with E-state index in [9.17, 15) is 5.11 Å². The van der Waals surface area contributed by atoms with Gasteiger partial charge in [0.1, 0.15) is 5.75 Å². The number of aliphatic hydroxyl groups is 1. The van der Waals surface area contributed by atoms with Crippen molar-refractivity contribution >= 4 is 23.5 Å². The molecule has 94 valence electrons. The molecule has 1 aromatic carbocycles. The van der Waals surface area contributed by atoms with Crippen molar-refractivity contribution < 1.29 is 9.84 Å². The Morgan fingerprint density at radius 2 is 2.35 bits per heavy atom. The van der Waals surface area contributed by atoms with E-state index < -0.39 is 0 Å². The third-order valence-electron chi connectivity index (χ3n) is 2.85. The highest BCUT2D eigenvalue weighted by atomic mass is 32.2. The highest BCUT2D eigenvalue weighted by Gasteiger charge is 2.22. The Morgan fingerprint density at radius 1 is 1.47 bits per heavy atom. The van der Waals surface area contributed by atoms with E-state index in [0.29, 0.717) is 5.25 Å². The molecule has 1 aliphatic heterocycles. The first kappa shape index (κ1) is 13.1. The molecular weight excluding hydrogens is 252 g/mol. The number of thioether (sulfide) groups is 2. The van der Waals surface area contributed by atoms with Crippen LogP contribution in [-0.4, -0.2) is 40.8 Å². The summed E-state index contributed by atoms with van der Waals surface area (Å²) in [7, 11) is 1.67. The van der Waals surface area contributed by atoms with Crippen LogP contribution in [0.2, 0.25) is 0 Å². The Balaban J connectivity index is 1.94. The average molecular weight is 270 g/mol. The number of hydrogen-bond acceptors (Lipinski definition) is 4. The van der Waals surface area contributed by atoms with E-state index in [0.717, 1.165) is 29.2 Å². The fourth-order valence-electron chi connectivity index (χ4n) is 1.90. The molecule has 2 unspecified atom stereocenters. The fraction of sp³-hybridized carbons (Fsp3) is 0.538. The van der Waals surface area contributed by atoms with Gasteiger partial charge in [-0.25, -0.2) is 0 Å². The SMILES string of the molecule is COc1cccc(CC(O)C2CSCCS2)c1. The summed E-state index contributed by atoms with van der Waals surface area (Å²) in [6, 6.07) is 7.96. The molecule has 0 bridgehead atoms. The van der Waals surface area contributed by atoms with Gasteiger partial charge in [0.25, 0.3) is 0 Å². The first-order valence-corrected chi connectivity index (χ1v) is 8.00. The number of methoxy groups -OCH3 is 1. The summed E-state index contributed by atoms with van der Waals surface area (Å²) in [5, 5.41) is 10.6. The Labute approximate surface area is 111 Å². The second-order valence-electron chi connectivity index (χ2n) is 4.11. The molecule has 1 N–H and O–H groups in total. The smallest absolute Gasteiger partial charge is 0.119 e. The predicted molar refractivity (Wildman–Crippen MR) is 76.3 cm³/mol. The van der Waals surface area contributed by atoms with Crippen LogP contribution < -0.4 is 4.74 Å². The lowest BCUT2D eigenvalue weighted by Gasteiger charge is -2.25. The number of ether oxygens (including phenoxy) is 1. The van der Waals surface area contributed by atoms with Gasteiger partial charge in [-0.3, -0.25) is 0 Å². The first-order chi connectivity index (χ1) is 8.29. The molecule has 17 heavy (non-hydrogen) atoms. The molecule has 1 aliphatic rings. The predicted octanol–water partition coefficient (Wildman–Crippen LogP) is 2.45. The molecule has 1 aromatic rings. The van der Waals surface area contributed by atoms with Crippen molar-refractivity contribution in [2.75, 3.05) is 24.4 Å². The van der Waals surface area contributed by atoms with Crippen molar-refractivity contribution in [2.24, 2.45) is 0 Å². The topological polar surface area (TPSA) is 29.5 Å². The van der Waals surface area contributed by atoms with Gasteiger partial charge in [-0.15, -0.1) is 0 Å². The molecule has 0 saturated carbocycles. The monoisotopic (exact) mass is 270 g/mol. The zero-order chi connectivity index (χ0) is 12.1. The van der Waals surface area contributed by atoms with Crippen LogP contribution in [0.3, 0.4) is 0 Å². The van der Waals surface area contributed by atoms with E-state index in [1.54, 1.807) is 7.11 Å². The molecule has 2 atom stereocenters. The maximum absolute atomic E-state index is 10.2. The molecule has 4 heteroatoms. The van der Waals surface area contributed by atoms with Gasteiger partial charge in [-0.1, -0.05) is 12.1 Å². The molecule has 0 aromatic heterocycles. The second kappa shape index (κ2) is 6.57. The number of aliphatic hydroxyl groups excluding tert-OH is 1. The Bertz CT molecular complexity index is 351. The minimum Gasteiger partial charge on any atom is -0.497 e. The molecule has 1 saturated heterocycles. The van der Waals surface area contributed by atoms with Gasteiger partial charge in [0.2, 0.25) is 0 Å². The van der Waals surface area contributed by atoms with Gasteiger partial charge >= 0.3 is 0 Å². The molecule has 0 spiro atoms. The molecule has 0 aliphatic carbocycles. The zero-order valence-electron chi connectivity index (χ0n) is 9.96. The summed E-state index contributed by atoms with van der Waals surface area (Å²) in [5.41, 5.74) is 1.15. The number of rotatable bonds is 4. The van der Waals surface area contributed by atoms with E-state index in [2.05, 4.69) is 0 Å². The lowest BCUT2D eigenvalue weighted by molar-refractivity contribution is 0.177. The van der Waals surface area contributed by atoms with E-state index in [1.807, 2.05) is 47.8 Å². The minimum atomic E-state index is -0.250. The van der Waals surface area contributed by atoms with Crippen LogP contribution in [0.1, 0.15) is 5.56 Å². The second-order valence-corrected chi connectivity index (χ2v) is 6.60. The quantitative estimate of drug-likeness (QED) is 0.910. The normalized spacial score (nSPS) is 22.1. The van der Waals surface area contributed by atoms with Crippen molar-refractivity contribution in [2.45, 2.75) is 17.8 Å². The van der Waals surface area contributed by atoms with Crippen LogP contribution >= 0.6 is 23.5 Å². The summed E-state index contributed by atoms with van der Waals surface area (Å²) < 4.78 is 5.19. The lowest BCUT2D eigenvalue weighted by Crippen LogP contribution is -2.30. The van der Waals surface area contributed by atoms with Gasteiger partial charge in [0, 0.05) is 22.5 Å². The Kier molecular flexibility index (Phi) is 5.07. The zero-order valence-corrected chi connectivity index (χ0v) is 11.6. The summed E-state index contributed by atoms with van der Waals surface area (Å²) in [6.07, 6.45) is 0.468. The number of benzene rings is 1. The van der Waals surface area contributed by atoms with Crippen LogP contribution in [0, 0.1) is 0 Å². The van der Waals surface area contributed by atoms with E-state index in [1.165, 1.54) is 5.75 Å². The van der Waals surface area contributed by atoms with Gasteiger partial charge in [-0.05, 0) is 24.1 Å². The third-order valence-corrected chi connectivity index (χ3v) is 5.76. The Morgan fingerprint density at radius 3 is 3.06 bits per heavy atom. The minimum absolute atomic E-state index is 0.250. The van der Waals surface area contributed by atoms with E-state index in [-0.39, 0.29) is 6.10 Å². The molecule has 0 radical (unpaired) electrons. The third kappa shape index (κ3) is 3.83. The van der Waals surface area contributed by atoms with Gasteiger partial charge in [-0.2, -0.15) is 23.5 Å². The van der Waals surface area contributed by atoms with Crippen LogP contribution in [0.4, 0.5) is 0 Å². The van der Waals surface area contributed by atoms with Crippen LogP contribution in [0.5, 0.6) is 5.75 Å². The van der Waals surface area contributed by atoms with Crippen molar-refractivity contribution in [1.82, 2.24) is 0 Å². The van der Waals surface area contributed by atoms with Crippen molar-refractivity contribution in [1.29, 1.82) is 0 Å². The molecule has 2 rings (SSSR count). The van der Waals surface area contributed by atoms with Crippen LogP contribution in [0.15, 0.2) is 24.3 Å². The van der Waals surface area contributed by atoms with Crippen LogP contribution in [-0.2, 0) is 6.42 Å². The lowest BCUT2D eigenvalue weighted by atomic mass is 10.1. The molecule has 1 fully saturated rings. The molecule has 2 nitrogen and oxygen atoms in total. The van der Waals surface area contributed by atoms with E-state index >= 15 is 0 Å². The Hall–Kier alpha value is -0.320. The first-order valence-electron chi connectivity index (χ1n) is 5.80. The standard InChI is InChI=1S/C13H18O2S2/c1-15-11-4-2-3-10(7-11)8-12(14)13-9-16-5-6-17-13/h2-4,7,12-14H,5-6,8-9H2,1H3. The van der Waals surface area contributed by atoms with E-state index in [4.69, 9.17) is 4.74 Å². The van der Waals surface area contributed by atoms with Crippen molar-refractivity contribution in [3.63, 3.8) is 0 Å². The summed E-state index contributed by atoms with van der Waals surface area (Å²) in [6.45, 7) is 0.